The number of carbonyl (C=O) groups excluding carboxylic acids is 1. The van der Waals surface area contributed by atoms with Crippen LogP contribution in [0.15, 0.2) is 42.5 Å². The van der Waals surface area contributed by atoms with Crippen molar-refractivity contribution in [2.45, 2.75) is 51.8 Å². The van der Waals surface area contributed by atoms with Crippen LogP contribution in [0.25, 0.3) is 0 Å². The summed E-state index contributed by atoms with van der Waals surface area (Å²) in [4.78, 5) is 11.2. The van der Waals surface area contributed by atoms with Crippen molar-refractivity contribution in [3.8, 4) is 0 Å². The molecule has 1 amide bonds. The molecule has 2 aromatic rings. The van der Waals surface area contributed by atoms with Crippen LogP contribution in [0.5, 0.6) is 0 Å². The van der Waals surface area contributed by atoms with Gasteiger partial charge in [0, 0.05) is 5.92 Å². The van der Waals surface area contributed by atoms with E-state index in [0.717, 1.165) is 12.1 Å². The summed E-state index contributed by atoms with van der Waals surface area (Å²) in [6, 6.07) is 6.36. The minimum Gasteiger partial charge on any atom is -0.449 e. The highest BCUT2D eigenvalue weighted by atomic mass is 19.4. The molecule has 0 spiro atoms. The van der Waals surface area contributed by atoms with Gasteiger partial charge in [-0.1, -0.05) is 32.9 Å². The van der Waals surface area contributed by atoms with Crippen molar-refractivity contribution in [3.05, 3.63) is 70.5 Å². The first kappa shape index (κ1) is 27.4. The van der Waals surface area contributed by atoms with Crippen LogP contribution in [0.2, 0.25) is 0 Å². The van der Waals surface area contributed by atoms with Crippen molar-refractivity contribution >= 4 is 6.09 Å². The summed E-state index contributed by atoms with van der Waals surface area (Å²) >= 11 is 0. The predicted molar refractivity (Wildman–Crippen MR) is 109 cm³/mol. The number of alkyl halides is 6. The number of ether oxygens (including phenoxy) is 2. The van der Waals surface area contributed by atoms with E-state index in [1.807, 2.05) is 0 Å². The second kappa shape index (κ2) is 10.2. The third kappa shape index (κ3) is 7.61. The third-order valence-corrected chi connectivity index (χ3v) is 5.00. The van der Waals surface area contributed by atoms with E-state index in [9.17, 15) is 35.5 Å². The van der Waals surface area contributed by atoms with E-state index >= 15 is 0 Å². The smallest absolute Gasteiger partial charge is 0.416 e. The minimum atomic E-state index is -4.99. The van der Waals surface area contributed by atoms with E-state index in [2.05, 4.69) is 0 Å². The number of hydrogen-bond donors (Lipinski definition) is 1. The Morgan fingerprint density at radius 3 is 1.82 bits per heavy atom. The number of hydrogen-bond acceptors (Lipinski definition) is 3. The third-order valence-electron chi connectivity index (χ3n) is 5.00. The summed E-state index contributed by atoms with van der Waals surface area (Å²) in [5.41, 5.74) is 1.55. The number of benzene rings is 2. The lowest BCUT2D eigenvalue weighted by Gasteiger charge is -2.37. The Balaban J connectivity index is 2.44. The molecule has 0 aliphatic carbocycles. The van der Waals surface area contributed by atoms with E-state index < -0.39 is 59.4 Å². The molecule has 2 aromatic carbocycles. The van der Waals surface area contributed by atoms with Gasteiger partial charge >= 0.3 is 18.4 Å². The molecule has 0 saturated carbocycles. The van der Waals surface area contributed by atoms with E-state index in [1.165, 1.54) is 12.1 Å². The van der Waals surface area contributed by atoms with E-state index in [-0.39, 0.29) is 18.2 Å². The zero-order valence-corrected chi connectivity index (χ0v) is 18.6. The predicted octanol–water partition coefficient (Wildman–Crippen LogP) is 6.67. The molecule has 0 aliphatic heterocycles. The molecular weight excluding hydrogens is 471 g/mol. The summed E-state index contributed by atoms with van der Waals surface area (Å²) in [5.74, 6) is -1.28. The van der Waals surface area contributed by atoms with Gasteiger partial charge in [0.1, 0.15) is 12.4 Å². The van der Waals surface area contributed by atoms with Crippen LogP contribution in [-0.4, -0.2) is 18.8 Å². The fourth-order valence-electron chi connectivity index (χ4n) is 3.50. The van der Waals surface area contributed by atoms with Gasteiger partial charge in [0.15, 0.2) is 0 Å². The summed E-state index contributed by atoms with van der Waals surface area (Å²) in [6.07, 6.45) is -12.0. The molecule has 2 N–H and O–H groups in total. The fraction of sp³-hybridized carbons (Fsp3) is 0.435. The normalized spacial score (nSPS) is 14.5. The Kier molecular flexibility index (Phi) is 8.23. The Bertz CT molecular complexity index is 948. The number of nitrogens with two attached hydrogens (primary N) is 1. The van der Waals surface area contributed by atoms with Gasteiger partial charge in [-0.3, -0.25) is 0 Å². The van der Waals surface area contributed by atoms with Gasteiger partial charge in [-0.05, 0) is 46.9 Å². The highest BCUT2D eigenvalue weighted by Gasteiger charge is 2.38. The lowest BCUT2D eigenvalue weighted by molar-refractivity contribution is -0.143. The van der Waals surface area contributed by atoms with Crippen LogP contribution >= 0.6 is 0 Å². The molecule has 0 saturated heterocycles. The van der Waals surface area contributed by atoms with Crippen molar-refractivity contribution in [3.63, 3.8) is 0 Å². The quantitative estimate of drug-likeness (QED) is 0.436. The summed E-state index contributed by atoms with van der Waals surface area (Å²) in [5, 5.41) is 0. The second-order valence-corrected chi connectivity index (χ2v) is 8.80. The van der Waals surface area contributed by atoms with E-state index in [1.54, 1.807) is 20.8 Å². The molecule has 34 heavy (non-hydrogen) atoms. The SMILES string of the molecule is CC(C)(C)C(OCc1cc(C(F)(F)F)cc(C(F)(F)F)c1)C(COC(N)=O)c1ccc(F)cc1. The average Bonchev–Trinajstić information content (AvgIpc) is 2.68. The van der Waals surface area contributed by atoms with Crippen LogP contribution in [0.4, 0.5) is 35.5 Å². The van der Waals surface area contributed by atoms with Crippen LogP contribution in [0.3, 0.4) is 0 Å². The summed E-state index contributed by atoms with van der Waals surface area (Å²) in [7, 11) is 0. The molecular formula is C23H24F7NO3. The standard InChI is InChI=1S/C23H24F7NO3/c1-21(2,3)19(18(12-34-20(31)32)14-4-6-17(24)7-5-14)33-11-13-8-15(22(25,26)27)10-16(9-13)23(28,29)30/h4-10,18-19H,11-12H2,1-3H3,(H2,31,32). The zero-order chi connectivity index (χ0) is 25.9. The molecule has 4 nitrogen and oxygen atoms in total. The van der Waals surface area contributed by atoms with Crippen molar-refractivity contribution in [2.75, 3.05) is 6.61 Å². The maximum atomic E-state index is 13.4. The van der Waals surface area contributed by atoms with Gasteiger partial charge in [-0.15, -0.1) is 0 Å². The Labute approximate surface area is 191 Å². The Morgan fingerprint density at radius 1 is 0.912 bits per heavy atom. The first-order valence-corrected chi connectivity index (χ1v) is 10.1. The number of primary amides is 1. The van der Waals surface area contributed by atoms with Crippen molar-refractivity contribution < 1.29 is 45.0 Å². The van der Waals surface area contributed by atoms with Crippen LogP contribution in [0.1, 0.15) is 48.9 Å². The van der Waals surface area contributed by atoms with Gasteiger partial charge in [0.25, 0.3) is 0 Å². The summed E-state index contributed by atoms with van der Waals surface area (Å²) < 4.78 is 103. The first-order chi connectivity index (χ1) is 15.5. The molecule has 188 valence electrons. The van der Waals surface area contributed by atoms with Crippen molar-refractivity contribution in [2.24, 2.45) is 11.1 Å². The number of amides is 1. The molecule has 0 aliphatic rings. The van der Waals surface area contributed by atoms with Gasteiger partial charge in [0.2, 0.25) is 0 Å². The minimum absolute atomic E-state index is 0.0345. The molecule has 2 rings (SSSR count). The van der Waals surface area contributed by atoms with Crippen LogP contribution in [0, 0.1) is 11.2 Å². The largest absolute Gasteiger partial charge is 0.449 e. The highest BCUT2D eigenvalue weighted by Crippen LogP contribution is 2.38. The topological polar surface area (TPSA) is 61.6 Å². The zero-order valence-electron chi connectivity index (χ0n) is 18.6. The molecule has 0 bridgehead atoms. The fourth-order valence-corrected chi connectivity index (χ4v) is 3.50. The first-order valence-electron chi connectivity index (χ1n) is 10.1. The second-order valence-electron chi connectivity index (χ2n) is 8.80. The van der Waals surface area contributed by atoms with Gasteiger partial charge in [-0.2, -0.15) is 26.3 Å². The average molecular weight is 495 g/mol. The van der Waals surface area contributed by atoms with E-state index in [4.69, 9.17) is 15.2 Å². The van der Waals surface area contributed by atoms with Gasteiger partial charge < -0.3 is 15.2 Å². The van der Waals surface area contributed by atoms with Crippen molar-refractivity contribution in [1.82, 2.24) is 0 Å². The van der Waals surface area contributed by atoms with Gasteiger partial charge in [0.05, 0.1) is 23.8 Å². The Hall–Kier alpha value is -2.82. The van der Waals surface area contributed by atoms with Gasteiger partial charge in [-0.25, -0.2) is 9.18 Å². The Morgan fingerprint density at radius 2 is 1.41 bits per heavy atom. The highest BCUT2D eigenvalue weighted by molar-refractivity contribution is 5.64. The molecule has 0 radical (unpaired) electrons. The molecule has 2 unspecified atom stereocenters. The lowest BCUT2D eigenvalue weighted by atomic mass is 9.78. The monoisotopic (exact) mass is 495 g/mol. The van der Waals surface area contributed by atoms with E-state index in [0.29, 0.717) is 17.7 Å². The van der Waals surface area contributed by atoms with Crippen LogP contribution < -0.4 is 5.73 Å². The number of rotatable bonds is 7. The maximum absolute atomic E-state index is 13.4. The van der Waals surface area contributed by atoms with Crippen LogP contribution in [-0.2, 0) is 28.4 Å². The molecule has 0 fully saturated rings. The molecule has 11 heteroatoms. The molecule has 0 aromatic heterocycles. The number of carbonyl (C=O) groups is 1. The maximum Gasteiger partial charge on any atom is 0.416 e. The number of halogens is 7. The summed E-state index contributed by atoms with van der Waals surface area (Å²) in [6.45, 7) is 4.28. The van der Waals surface area contributed by atoms with Crippen molar-refractivity contribution in [1.29, 1.82) is 0 Å². The molecule has 0 heterocycles. The lowest BCUT2D eigenvalue weighted by Crippen LogP contribution is -2.38. The molecule has 2 atom stereocenters.